The molecule has 4 aromatic rings. The maximum atomic E-state index is 13.2. The van der Waals surface area contributed by atoms with E-state index in [4.69, 9.17) is 9.72 Å². The number of benzene rings is 1. The van der Waals surface area contributed by atoms with Crippen molar-refractivity contribution in [3.05, 3.63) is 81.2 Å². The Labute approximate surface area is 190 Å². The summed E-state index contributed by atoms with van der Waals surface area (Å²) in [6.45, 7) is 6.51. The minimum atomic E-state index is -0.534. The Kier molecular flexibility index (Phi) is 6.05. The summed E-state index contributed by atoms with van der Waals surface area (Å²) in [5.41, 5.74) is 2.07. The molecule has 1 aromatic carbocycles. The predicted octanol–water partition coefficient (Wildman–Crippen LogP) is 3.38. The number of rotatable bonds is 5. The van der Waals surface area contributed by atoms with E-state index in [1.807, 2.05) is 26.8 Å². The predicted molar refractivity (Wildman–Crippen MR) is 124 cm³/mol. The zero-order valence-electron chi connectivity index (χ0n) is 18.7. The molecule has 0 fully saturated rings. The highest BCUT2D eigenvalue weighted by Crippen LogP contribution is 2.19. The van der Waals surface area contributed by atoms with Crippen molar-refractivity contribution in [2.75, 3.05) is 6.61 Å². The van der Waals surface area contributed by atoms with Crippen LogP contribution in [0.3, 0.4) is 0 Å². The summed E-state index contributed by atoms with van der Waals surface area (Å²) in [6, 6.07) is 14.1. The molecule has 0 saturated carbocycles. The molecule has 1 amide bonds. The second-order valence-corrected chi connectivity index (χ2v) is 7.53. The molecule has 0 N–H and O–H groups in total. The fourth-order valence-electron chi connectivity index (χ4n) is 3.81. The van der Waals surface area contributed by atoms with Crippen molar-refractivity contribution < 1.29 is 9.53 Å². The number of carbonyl (C=O) groups is 1. The van der Waals surface area contributed by atoms with Gasteiger partial charge in [0.1, 0.15) is 23.1 Å². The van der Waals surface area contributed by atoms with Crippen LogP contribution in [0.5, 0.6) is 5.75 Å². The molecule has 0 aliphatic carbocycles. The lowest BCUT2D eigenvalue weighted by atomic mass is 10.2. The van der Waals surface area contributed by atoms with Crippen molar-refractivity contribution in [2.45, 2.75) is 33.7 Å². The van der Waals surface area contributed by atoms with E-state index in [0.29, 0.717) is 47.6 Å². The number of nitrogens with zero attached hydrogens (tertiary/aromatic N) is 5. The number of carbonyl (C=O) groups excluding carboxylic acids is 1. The number of amides is 1. The summed E-state index contributed by atoms with van der Waals surface area (Å²) < 4.78 is 8.72. The number of ether oxygens (including phenoxy) is 1. The monoisotopic (exact) mass is 441 g/mol. The molecule has 8 nitrogen and oxygen atoms in total. The summed E-state index contributed by atoms with van der Waals surface area (Å²) in [4.78, 5) is 35.4. The fourth-order valence-corrected chi connectivity index (χ4v) is 3.81. The van der Waals surface area contributed by atoms with E-state index in [9.17, 15) is 14.9 Å². The Morgan fingerprint density at radius 3 is 2.70 bits per heavy atom. The van der Waals surface area contributed by atoms with E-state index in [-0.39, 0.29) is 16.6 Å². The molecule has 0 bridgehead atoms. The van der Waals surface area contributed by atoms with Crippen LogP contribution in [0, 0.1) is 18.3 Å². The number of aryl methyl sites for hydroxylation is 2. The highest BCUT2D eigenvalue weighted by molar-refractivity contribution is 5.97. The van der Waals surface area contributed by atoms with Gasteiger partial charge >= 0.3 is 0 Å². The summed E-state index contributed by atoms with van der Waals surface area (Å²) in [7, 11) is 0. The number of hydrogen-bond donors (Lipinski definition) is 0. The van der Waals surface area contributed by atoms with E-state index in [1.54, 1.807) is 41.1 Å². The Morgan fingerprint density at radius 2 is 1.97 bits per heavy atom. The van der Waals surface area contributed by atoms with Crippen LogP contribution >= 0.6 is 0 Å². The average Bonchev–Trinajstić information content (AvgIpc) is 2.82. The first-order chi connectivity index (χ1) is 16.0. The Hall–Kier alpha value is -4.25. The molecule has 0 aliphatic rings. The van der Waals surface area contributed by atoms with Crippen LogP contribution < -0.4 is 15.8 Å². The van der Waals surface area contributed by atoms with Crippen LogP contribution in [-0.4, -0.2) is 26.5 Å². The third-order valence-electron chi connectivity index (χ3n) is 5.30. The van der Waals surface area contributed by atoms with Gasteiger partial charge in [0.05, 0.1) is 23.1 Å². The molecule has 166 valence electrons. The molecule has 3 heterocycles. The van der Waals surface area contributed by atoms with Crippen LogP contribution in [0.2, 0.25) is 0 Å². The van der Waals surface area contributed by atoms with Gasteiger partial charge in [0.2, 0.25) is 0 Å². The second kappa shape index (κ2) is 9.09. The lowest BCUT2D eigenvalue weighted by Crippen LogP contribution is -2.29. The lowest BCUT2D eigenvalue weighted by Gasteiger charge is -2.13. The van der Waals surface area contributed by atoms with Crippen molar-refractivity contribution in [3.8, 4) is 11.8 Å². The maximum Gasteiger partial charge on any atom is 0.282 e. The molecule has 3 aromatic heterocycles. The van der Waals surface area contributed by atoms with Gasteiger partial charge in [-0.05, 0) is 50.1 Å². The minimum absolute atomic E-state index is 0.129. The van der Waals surface area contributed by atoms with E-state index in [1.165, 1.54) is 10.5 Å². The summed E-state index contributed by atoms with van der Waals surface area (Å²) in [5, 5.41) is 10.1. The number of para-hydroxylation sites is 1. The molecule has 33 heavy (non-hydrogen) atoms. The minimum Gasteiger partial charge on any atom is -0.493 e. The van der Waals surface area contributed by atoms with Gasteiger partial charge in [-0.3, -0.25) is 14.0 Å². The number of hydrogen-bond acceptors (Lipinski definition) is 5. The standard InChI is InChI=1S/C25H23N5O3/c1-4-12-29-22(28-24(31)18-10-6-7-11-20(18)33-5-2)17(15-26)14-19-23(29)27-21-16(3)9-8-13-30(21)25(19)32/h6-11,13-14H,4-5,12H2,1-3H3. The van der Waals surface area contributed by atoms with Crippen molar-refractivity contribution in [1.29, 1.82) is 5.26 Å². The molecule has 0 atom stereocenters. The average molecular weight is 441 g/mol. The SMILES string of the molecule is CCCn1c(=NC(=O)c2ccccc2OCC)c(C#N)cc2c(=O)n3cccc(C)c3nc21. The first-order valence-corrected chi connectivity index (χ1v) is 10.8. The van der Waals surface area contributed by atoms with Crippen LogP contribution in [-0.2, 0) is 6.54 Å². The highest BCUT2D eigenvalue weighted by atomic mass is 16.5. The molecule has 0 radical (unpaired) electrons. The van der Waals surface area contributed by atoms with Crippen LogP contribution in [0.15, 0.2) is 58.4 Å². The van der Waals surface area contributed by atoms with Crippen molar-refractivity contribution in [1.82, 2.24) is 14.0 Å². The molecule has 0 spiro atoms. The molecular formula is C25H23N5O3. The van der Waals surface area contributed by atoms with Gasteiger partial charge in [0, 0.05) is 12.7 Å². The zero-order valence-corrected chi connectivity index (χ0v) is 18.7. The molecule has 0 saturated heterocycles. The lowest BCUT2D eigenvalue weighted by molar-refractivity contribution is 0.0993. The Morgan fingerprint density at radius 1 is 1.18 bits per heavy atom. The van der Waals surface area contributed by atoms with E-state index in [2.05, 4.69) is 11.1 Å². The highest BCUT2D eigenvalue weighted by Gasteiger charge is 2.17. The number of pyridine rings is 2. The molecule has 4 rings (SSSR count). The first-order valence-electron chi connectivity index (χ1n) is 10.8. The van der Waals surface area contributed by atoms with Crippen molar-refractivity contribution in [2.24, 2.45) is 4.99 Å². The molecule has 0 unspecified atom stereocenters. The summed E-state index contributed by atoms with van der Waals surface area (Å²) in [6.07, 6.45) is 2.34. The maximum absolute atomic E-state index is 13.2. The Bertz CT molecular complexity index is 1560. The van der Waals surface area contributed by atoms with E-state index in [0.717, 1.165) is 5.56 Å². The molecule has 8 heteroatoms. The normalized spacial score (nSPS) is 11.6. The van der Waals surface area contributed by atoms with Gasteiger partial charge in [-0.25, -0.2) is 4.98 Å². The quantitative estimate of drug-likeness (QED) is 0.442. The third-order valence-corrected chi connectivity index (χ3v) is 5.30. The second-order valence-electron chi connectivity index (χ2n) is 7.53. The summed E-state index contributed by atoms with van der Waals surface area (Å²) in [5.74, 6) is -0.110. The van der Waals surface area contributed by atoms with Crippen molar-refractivity contribution >= 4 is 22.6 Å². The van der Waals surface area contributed by atoms with E-state index >= 15 is 0 Å². The van der Waals surface area contributed by atoms with E-state index < -0.39 is 5.91 Å². The fraction of sp³-hybridized carbons (Fsp3) is 0.240. The van der Waals surface area contributed by atoms with Gasteiger partial charge in [-0.15, -0.1) is 0 Å². The zero-order chi connectivity index (χ0) is 23.5. The van der Waals surface area contributed by atoms with Crippen LogP contribution in [0.4, 0.5) is 0 Å². The van der Waals surface area contributed by atoms with Gasteiger partial charge in [0.15, 0.2) is 5.49 Å². The summed E-state index contributed by atoms with van der Waals surface area (Å²) >= 11 is 0. The van der Waals surface area contributed by atoms with Gasteiger partial charge in [0.25, 0.3) is 11.5 Å². The van der Waals surface area contributed by atoms with Crippen molar-refractivity contribution in [3.63, 3.8) is 0 Å². The number of aromatic nitrogens is 3. The van der Waals surface area contributed by atoms with Gasteiger partial charge in [-0.1, -0.05) is 25.1 Å². The third kappa shape index (κ3) is 3.89. The van der Waals surface area contributed by atoms with Gasteiger partial charge in [-0.2, -0.15) is 10.3 Å². The first kappa shape index (κ1) is 22.0. The van der Waals surface area contributed by atoms with Crippen LogP contribution in [0.25, 0.3) is 16.7 Å². The Balaban J connectivity index is 2.08. The van der Waals surface area contributed by atoms with Gasteiger partial charge < -0.3 is 9.30 Å². The van der Waals surface area contributed by atoms with Crippen LogP contribution in [0.1, 0.15) is 41.8 Å². The smallest absolute Gasteiger partial charge is 0.282 e. The molecular weight excluding hydrogens is 418 g/mol. The largest absolute Gasteiger partial charge is 0.493 e. The number of fused-ring (bicyclic) bond motifs is 2. The topological polar surface area (TPSA) is 102 Å². The molecule has 0 aliphatic heterocycles. The number of nitriles is 1.